The molecule has 0 fully saturated rings. The molecule has 5 nitrogen and oxygen atoms in total. The molecule has 0 aliphatic heterocycles. The van der Waals surface area contributed by atoms with Gasteiger partial charge >= 0.3 is 0 Å². The first-order chi connectivity index (χ1) is 8.12. The van der Waals surface area contributed by atoms with Gasteiger partial charge in [-0.3, -0.25) is 0 Å². The molecule has 0 aliphatic rings. The van der Waals surface area contributed by atoms with Crippen LogP contribution in [0.2, 0.25) is 0 Å². The summed E-state index contributed by atoms with van der Waals surface area (Å²) in [6, 6.07) is 9.83. The molecule has 0 saturated heterocycles. The van der Waals surface area contributed by atoms with E-state index in [-0.39, 0.29) is 5.54 Å². The van der Waals surface area contributed by atoms with Crippen LogP contribution in [-0.4, -0.2) is 25.7 Å². The number of tetrazole rings is 1. The monoisotopic (exact) mass is 231 g/mol. The van der Waals surface area contributed by atoms with Gasteiger partial charge in [-0.15, -0.1) is 5.10 Å². The van der Waals surface area contributed by atoms with Crippen LogP contribution < -0.4 is 5.73 Å². The van der Waals surface area contributed by atoms with Gasteiger partial charge in [-0.1, -0.05) is 25.1 Å². The van der Waals surface area contributed by atoms with Gasteiger partial charge in [0.2, 0.25) is 0 Å². The quantitative estimate of drug-likeness (QED) is 0.861. The Morgan fingerprint density at radius 2 is 2.00 bits per heavy atom. The van der Waals surface area contributed by atoms with Gasteiger partial charge in [0.05, 0.1) is 5.69 Å². The minimum absolute atomic E-state index is 0.277. The lowest BCUT2D eigenvalue weighted by Gasteiger charge is -2.21. The van der Waals surface area contributed by atoms with Crippen LogP contribution in [0.25, 0.3) is 5.69 Å². The van der Waals surface area contributed by atoms with Crippen LogP contribution in [-0.2, 0) is 6.42 Å². The van der Waals surface area contributed by atoms with Crippen LogP contribution >= 0.6 is 0 Å². The molecule has 1 atom stereocenters. The number of aromatic nitrogens is 4. The Hall–Kier alpha value is -1.75. The predicted molar refractivity (Wildman–Crippen MR) is 65.7 cm³/mol. The second-order valence-corrected chi connectivity index (χ2v) is 4.53. The van der Waals surface area contributed by atoms with Crippen molar-refractivity contribution in [2.75, 3.05) is 0 Å². The van der Waals surface area contributed by atoms with Crippen molar-refractivity contribution in [1.82, 2.24) is 20.2 Å². The lowest BCUT2D eigenvalue weighted by Crippen LogP contribution is -2.38. The van der Waals surface area contributed by atoms with Gasteiger partial charge in [-0.2, -0.15) is 4.68 Å². The van der Waals surface area contributed by atoms with Crippen molar-refractivity contribution >= 4 is 0 Å². The van der Waals surface area contributed by atoms with Crippen LogP contribution in [0.3, 0.4) is 0 Å². The molecular formula is C12H17N5. The van der Waals surface area contributed by atoms with Crippen LogP contribution in [0, 0.1) is 0 Å². The standard InChI is InChI=1S/C12H17N5/c1-3-12(2,13)9-11-14-15-16-17(11)10-7-5-4-6-8-10/h4-8H,3,9,13H2,1-2H3. The summed E-state index contributed by atoms with van der Waals surface area (Å²) in [7, 11) is 0. The lowest BCUT2D eigenvalue weighted by molar-refractivity contribution is 0.435. The molecule has 0 saturated carbocycles. The first kappa shape index (κ1) is 11.7. The Bertz CT molecular complexity index is 475. The summed E-state index contributed by atoms with van der Waals surface area (Å²) < 4.78 is 1.74. The Morgan fingerprint density at radius 1 is 1.29 bits per heavy atom. The van der Waals surface area contributed by atoms with Gasteiger partial charge in [-0.25, -0.2) is 0 Å². The minimum Gasteiger partial charge on any atom is -0.325 e. The zero-order valence-electron chi connectivity index (χ0n) is 10.2. The Balaban J connectivity index is 2.30. The highest BCUT2D eigenvalue weighted by molar-refractivity contribution is 5.30. The molecule has 2 N–H and O–H groups in total. The van der Waals surface area contributed by atoms with E-state index in [1.165, 1.54) is 0 Å². The molecular weight excluding hydrogens is 214 g/mol. The van der Waals surface area contributed by atoms with E-state index in [4.69, 9.17) is 5.73 Å². The molecule has 1 heterocycles. The van der Waals surface area contributed by atoms with E-state index < -0.39 is 0 Å². The first-order valence-electron chi connectivity index (χ1n) is 5.74. The lowest BCUT2D eigenvalue weighted by atomic mass is 9.96. The smallest absolute Gasteiger partial charge is 0.158 e. The summed E-state index contributed by atoms with van der Waals surface area (Å²) in [6.45, 7) is 4.08. The number of nitrogens with zero attached hydrogens (tertiary/aromatic N) is 4. The van der Waals surface area contributed by atoms with Crippen molar-refractivity contribution in [2.45, 2.75) is 32.2 Å². The maximum absolute atomic E-state index is 6.15. The number of benzene rings is 1. The van der Waals surface area contributed by atoms with Crippen LogP contribution in [0.4, 0.5) is 0 Å². The average molecular weight is 231 g/mol. The molecule has 0 amide bonds. The van der Waals surface area contributed by atoms with E-state index >= 15 is 0 Å². The summed E-state index contributed by atoms with van der Waals surface area (Å²) >= 11 is 0. The molecule has 2 aromatic rings. The highest BCUT2D eigenvalue weighted by Crippen LogP contribution is 2.14. The Kier molecular flexibility index (Phi) is 3.19. The summed E-state index contributed by atoms with van der Waals surface area (Å²) in [5, 5.41) is 11.8. The second-order valence-electron chi connectivity index (χ2n) is 4.53. The Morgan fingerprint density at radius 3 is 2.65 bits per heavy atom. The summed E-state index contributed by atoms with van der Waals surface area (Å²) in [5.74, 6) is 0.794. The maximum atomic E-state index is 6.15. The molecule has 1 unspecified atom stereocenters. The van der Waals surface area contributed by atoms with Gasteiger partial charge in [0.25, 0.3) is 0 Å². The number of para-hydroxylation sites is 1. The fraction of sp³-hybridized carbons (Fsp3) is 0.417. The largest absolute Gasteiger partial charge is 0.325 e. The number of rotatable bonds is 4. The van der Waals surface area contributed by atoms with E-state index in [1.54, 1.807) is 4.68 Å². The maximum Gasteiger partial charge on any atom is 0.158 e. The van der Waals surface area contributed by atoms with Gasteiger partial charge in [0, 0.05) is 12.0 Å². The highest BCUT2D eigenvalue weighted by Gasteiger charge is 2.21. The molecule has 90 valence electrons. The third kappa shape index (κ3) is 2.68. The third-order valence-corrected chi connectivity index (χ3v) is 2.90. The summed E-state index contributed by atoms with van der Waals surface area (Å²) in [5.41, 5.74) is 6.83. The van der Waals surface area contributed by atoms with E-state index in [1.807, 2.05) is 37.3 Å². The minimum atomic E-state index is -0.277. The van der Waals surface area contributed by atoms with E-state index in [9.17, 15) is 0 Å². The van der Waals surface area contributed by atoms with Gasteiger partial charge in [0.15, 0.2) is 5.82 Å². The normalized spacial score (nSPS) is 14.5. The fourth-order valence-corrected chi connectivity index (χ4v) is 1.57. The topological polar surface area (TPSA) is 69.6 Å². The number of hydrogen-bond acceptors (Lipinski definition) is 4. The molecule has 5 heteroatoms. The van der Waals surface area contributed by atoms with Gasteiger partial charge < -0.3 is 5.73 Å². The van der Waals surface area contributed by atoms with Crippen molar-refractivity contribution in [3.8, 4) is 5.69 Å². The number of hydrogen-bond donors (Lipinski definition) is 1. The third-order valence-electron chi connectivity index (χ3n) is 2.90. The first-order valence-corrected chi connectivity index (χ1v) is 5.74. The molecule has 0 aliphatic carbocycles. The number of nitrogens with two attached hydrogens (primary N) is 1. The second kappa shape index (κ2) is 4.63. The van der Waals surface area contributed by atoms with E-state index in [2.05, 4.69) is 22.4 Å². The van der Waals surface area contributed by atoms with E-state index in [0.29, 0.717) is 6.42 Å². The molecule has 0 radical (unpaired) electrons. The predicted octanol–water partition coefficient (Wildman–Crippen LogP) is 1.33. The van der Waals surface area contributed by atoms with Crippen molar-refractivity contribution in [2.24, 2.45) is 5.73 Å². The molecule has 2 rings (SSSR count). The molecule has 0 bridgehead atoms. The molecule has 1 aromatic heterocycles. The van der Waals surface area contributed by atoms with Crippen LogP contribution in [0.1, 0.15) is 26.1 Å². The summed E-state index contributed by atoms with van der Waals surface area (Å²) in [6.07, 6.45) is 1.54. The van der Waals surface area contributed by atoms with Crippen molar-refractivity contribution in [3.63, 3.8) is 0 Å². The van der Waals surface area contributed by atoms with Crippen LogP contribution in [0.15, 0.2) is 30.3 Å². The SMILES string of the molecule is CCC(C)(N)Cc1nnnn1-c1ccccc1. The van der Waals surface area contributed by atoms with Gasteiger partial charge in [0.1, 0.15) is 0 Å². The molecule has 17 heavy (non-hydrogen) atoms. The zero-order valence-corrected chi connectivity index (χ0v) is 10.2. The van der Waals surface area contributed by atoms with Gasteiger partial charge in [-0.05, 0) is 35.9 Å². The molecule has 0 spiro atoms. The Labute approximate surface area is 101 Å². The fourth-order valence-electron chi connectivity index (χ4n) is 1.57. The zero-order chi connectivity index (χ0) is 12.3. The van der Waals surface area contributed by atoms with Crippen LogP contribution in [0.5, 0.6) is 0 Å². The van der Waals surface area contributed by atoms with Crippen molar-refractivity contribution < 1.29 is 0 Å². The summed E-state index contributed by atoms with van der Waals surface area (Å²) in [4.78, 5) is 0. The van der Waals surface area contributed by atoms with Crippen molar-refractivity contribution in [3.05, 3.63) is 36.2 Å². The highest BCUT2D eigenvalue weighted by atomic mass is 15.5. The van der Waals surface area contributed by atoms with Crippen molar-refractivity contribution in [1.29, 1.82) is 0 Å². The average Bonchev–Trinajstić information content (AvgIpc) is 2.77. The van der Waals surface area contributed by atoms with E-state index in [0.717, 1.165) is 17.9 Å². The molecule has 1 aromatic carbocycles.